The second-order valence-corrected chi connectivity index (χ2v) is 8.59. The van der Waals surface area contributed by atoms with Crippen LogP contribution in [0.1, 0.15) is 37.4 Å². The molecule has 2 aliphatic rings. The number of fused-ring (bicyclic) bond motifs is 1. The first-order valence-corrected chi connectivity index (χ1v) is 10.4. The molecule has 1 saturated carbocycles. The molecule has 0 amide bonds. The van der Waals surface area contributed by atoms with Gasteiger partial charge in [-0.3, -0.25) is 0 Å². The van der Waals surface area contributed by atoms with E-state index in [1.54, 1.807) is 10.7 Å². The number of hydrogen-bond donors (Lipinski definition) is 2. The third-order valence-electron chi connectivity index (χ3n) is 6.44. The van der Waals surface area contributed by atoms with Crippen LogP contribution in [0.3, 0.4) is 0 Å². The molecule has 30 heavy (non-hydrogen) atoms. The van der Waals surface area contributed by atoms with Gasteiger partial charge in [-0.1, -0.05) is 5.21 Å². The number of aryl methyl sites for hydroxylation is 1. The normalized spacial score (nSPS) is 20.1. The summed E-state index contributed by atoms with van der Waals surface area (Å²) < 4.78 is 3.92. The first-order valence-electron chi connectivity index (χ1n) is 10.4. The molecule has 152 valence electrons. The minimum atomic E-state index is 0.141. The standard InChI is InChI=1S/C22H23N7O/c1-14-13-29(27-24-14)16-2-3-18(20(30)11-16)19-10-15-5-9-28(21(15)26-25-19)17-4-8-23-22(12-17)6-7-22/h2-3,5,9-11,13,17,23,30H,4,6-8,12H2,1H3/t17-/m0/s1. The van der Waals surface area contributed by atoms with Crippen LogP contribution in [-0.4, -0.2) is 46.9 Å². The maximum atomic E-state index is 10.6. The highest BCUT2D eigenvalue weighted by molar-refractivity contribution is 5.81. The second-order valence-electron chi connectivity index (χ2n) is 8.59. The summed E-state index contributed by atoms with van der Waals surface area (Å²) in [5.41, 5.74) is 4.15. The number of aromatic hydroxyl groups is 1. The molecule has 1 aliphatic heterocycles. The molecule has 1 saturated heterocycles. The summed E-state index contributed by atoms with van der Waals surface area (Å²) in [5, 5.41) is 32.4. The van der Waals surface area contributed by atoms with Crippen LogP contribution in [0.15, 0.2) is 42.7 Å². The van der Waals surface area contributed by atoms with Crippen molar-refractivity contribution in [1.29, 1.82) is 0 Å². The summed E-state index contributed by atoms with van der Waals surface area (Å²) in [6, 6.07) is 9.97. The van der Waals surface area contributed by atoms with Gasteiger partial charge in [0.1, 0.15) is 5.75 Å². The number of nitrogens with zero attached hydrogens (tertiary/aromatic N) is 6. The average Bonchev–Trinajstić information content (AvgIpc) is 3.15. The molecule has 2 N–H and O–H groups in total. The Morgan fingerprint density at radius 3 is 2.80 bits per heavy atom. The van der Waals surface area contributed by atoms with Crippen LogP contribution in [0, 0.1) is 6.92 Å². The second kappa shape index (κ2) is 6.37. The molecule has 1 spiro atoms. The van der Waals surface area contributed by atoms with E-state index in [0.717, 1.165) is 41.8 Å². The number of rotatable bonds is 3. The van der Waals surface area contributed by atoms with Crippen molar-refractivity contribution in [2.75, 3.05) is 6.54 Å². The molecule has 4 heterocycles. The van der Waals surface area contributed by atoms with Gasteiger partial charge in [-0.15, -0.1) is 15.3 Å². The van der Waals surface area contributed by atoms with E-state index in [1.165, 1.54) is 12.8 Å². The van der Waals surface area contributed by atoms with Crippen molar-refractivity contribution in [3.8, 4) is 22.7 Å². The molecule has 0 unspecified atom stereocenters. The predicted octanol–water partition coefficient (Wildman–Crippen LogP) is 3.15. The van der Waals surface area contributed by atoms with Crippen LogP contribution in [-0.2, 0) is 0 Å². The summed E-state index contributed by atoms with van der Waals surface area (Å²) in [6.07, 6.45) is 8.77. The maximum Gasteiger partial charge on any atom is 0.162 e. The lowest BCUT2D eigenvalue weighted by molar-refractivity contribution is 0.290. The smallest absolute Gasteiger partial charge is 0.162 e. The Balaban J connectivity index is 1.33. The zero-order valence-corrected chi connectivity index (χ0v) is 16.8. The van der Waals surface area contributed by atoms with Crippen LogP contribution in [0.2, 0.25) is 0 Å². The fourth-order valence-corrected chi connectivity index (χ4v) is 4.63. The van der Waals surface area contributed by atoms with E-state index in [4.69, 9.17) is 0 Å². The fraction of sp³-hybridized carbons (Fsp3) is 0.364. The van der Waals surface area contributed by atoms with Crippen molar-refractivity contribution in [2.24, 2.45) is 0 Å². The number of nitrogens with one attached hydrogen (secondary N) is 1. The van der Waals surface area contributed by atoms with Gasteiger partial charge in [-0.25, -0.2) is 4.68 Å². The number of piperidine rings is 1. The number of aromatic nitrogens is 6. The van der Waals surface area contributed by atoms with Crippen molar-refractivity contribution in [3.63, 3.8) is 0 Å². The summed E-state index contributed by atoms with van der Waals surface area (Å²) in [4.78, 5) is 0. The molecule has 8 nitrogen and oxygen atoms in total. The minimum absolute atomic E-state index is 0.141. The van der Waals surface area contributed by atoms with Crippen molar-refractivity contribution in [1.82, 2.24) is 35.1 Å². The monoisotopic (exact) mass is 401 g/mol. The van der Waals surface area contributed by atoms with Gasteiger partial charge in [0.15, 0.2) is 5.65 Å². The molecule has 2 fully saturated rings. The van der Waals surface area contributed by atoms with E-state index in [9.17, 15) is 5.11 Å². The van der Waals surface area contributed by atoms with Crippen molar-refractivity contribution < 1.29 is 5.11 Å². The zero-order valence-electron chi connectivity index (χ0n) is 16.8. The van der Waals surface area contributed by atoms with Crippen LogP contribution in [0.4, 0.5) is 0 Å². The molecule has 0 radical (unpaired) electrons. The lowest BCUT2D eigenvalue weighted by Gasteiger charge is -2.31. The molecular weight excluding hydrogens is 378 g/mol. The van der Waals surface area contributed by atoms with Gasteiger partial charge < -0.3 is 15.0 Å². The van der Waals surface area contributed by atoms with E-state index in [0.29, 0.717) is 22.8 Å². The van der Waals surface area contributed by atoms with E-state index < -0.39 is 0 Å². The SMILES string of the molecule is Cc1cn(-c2ccc(-c3cc4ccn([C@H]5CCNC6(CC6)C5)c4nn3)c(O)c2)nn1. The summed E-state index contributed by atoms with van der Waals surface area (Å²) in [6.45, 7) is 2.93. The van der Waals surface area contributed by atoms with Gasteiger partial charge in [-0.05, 0) is 63.4 Å². The highest BCUT2D eigenvalue weighted by atomic mass is 16.3. The maximum absolute atomic E-state index is 10.6. The Labute approximate surface area is 173 Å². The average molecular weight is 401 g/mol. The van der Waals surface area contributed by atoms with Crippen molar-refractivity contribution in [2.45, 2.75) is 44.2 Å². The zero-order chi connectivity index (χ0) is 20.3. The molecular formula is C22H23N7O. The quantitative estimate of drug-likeness (QED) is 0.548. The van der Waals surface area contributed by atoms with Gasteiger partial charge in [-0.2, -0.15) is 0 Å². The molecule has 6 rings (SSSR count). The molecule has 8 heteroatoms. The lowest BCUT2D eigenvalue weighted by Crippen LogP contribution is -2.40. The number of phenols is 1. The number of hydrogen-bond acceptors (Lipinski definition) is 6. The molecule has 1 atom stereocenters. The highest BCUT2D eigenvalue weighted by Gasteiger charge is 2.46. The molecule has 1 aliphatic carbocycles. The van der Waals surface area contributed by atoms with Gasteiger partial charge in [0.05, 0.1) is 23.3 Å². The van der Waals surface area contributed by atoms with Gasteiger partial charge in [0.2, 0.25) is 0 Å². The van der Waals surface area contributed by atoms with Gasteiger partial charge in [0.25, 0.3) is 0 Å². The Morgan fingerprint density at radius 2 is 2.03 bits per heavy atom. The molecule has 4 aromatic rings. The fourth-order valence-electron chi connectivity index (χ4n) is 4.63. The van der Waals surface area contributed by atoms with Gasteiger partial charge >= 0.3 is 0 Å². The van der Waals surface area contributed by atoms with Crippen molar-refractivity contribution in [3.05, 3.63) is 48.4 Å². The Morgan fingerprint density at radius 1 is 1.13 bits per heavy atom. The van der Waals surface area contributed by atoms with E-state index >= 15 is 0 Å². The molecule has 3 aromatic heterocycles. The number of benzene rings is 1. The third kappa shape index (κ3) is 2.87. The number of phenolic OH excluding ortho intramolecular Hbond substituents is 1. The van der Waals surface area contributed by atoms with Crippen LogP contribution >= 0.6 is 0 Å². The lowest BCUT2D eigenvalue weighted by atomic mass is 9.97. The Kier molecular flexibility index (Phi) is 3.73. The van der Waals surface area contributed by atoms with Gasteiger partial charge in [0, 0.05) is 34.8 Å². The van der Waals surface area contributed by atoms with E-state index in [2.05, 4.69) is 42.7 Å². The van der Waals surface area contributed by atoms with Crippen LogP contribution in [0.25, 0.3) is 28.0 Å². The Hall–Kier alpha value is -3.26. The molecule has 0 bridgehead atoms. The van der Waals surface area contributed by atoms with E-state index in [1.807, 2.05) is 31.3 Å². The summed E-state index contributed by atoms with van der Waals surface area (Å²) in [5.74, 6) is 0.141. The van der Waals surface area contributed by atoms with Crippen LogP contribution < -0.4 is 5.32 Å². The first kappa shape index (κ1) is 17.6. The summed E-state index contributed by atoms with van der Waals surface area (Å²) >= 11 is 0. The first-order chi connectivity index (χ1) is 14.6. The predicted molar refractivity (Wildman–Crippen MR) is 113 cm³/mol. The van der Waals surface area contributed by atoms with E-state index in [-0.39, 0.29) is 5.75 Å². The Bertz CT molecular complexity index is 1250. The third-order valence-corrected chi connectivity index (χ3v) is 6.44. The minimum Gasteiger partial charge on any atom is -0.507 e. The topological polar surface area (TPSA) is 93.7 Å². The highest BCUT2D eigenvalue weighted by Crippen LogP contribution is 2.46. The summed E-state index contributed by atoms with van der Waals surface area (Å²) in [7, 11) is 0. The molecule has 1 aromatic carbocycles. The van der Waals surface area contributed by atoms with Crippen molar-refractivity contribution >= 4 is 11.0 Å². The largest absolute Gasteiger partial charge is 0.507 e. The van der Waals surface area contributed by atoms with Crippen LogP contribution in [0.5, 0.6) is 5.75 Å².